The standard InChI is InChI=1S/C13H14N4O3/c1-8-10(3-2-4-11(8)14)13(20)16-9-5-15-17(6-9)7-12(18)19/h2-6H,7,14H2,1H3,(H,16,20)(H,18,19). The minimum absolute atomic E-state index is 0.257. The number of rotatable bonds is 4. The van der Waals surface area contributed by atoms with Crippen LogP contribution in [0.5, 0.6) is 0 Å². The highest BCUT2D eigenvalue weighted by atomic mass is 16.4. The summed E-state index contributed by atoms with van der Waals surface area (Å²) < 4.78 is 1.23. The average molecular weight is 274 g/mol. The third-order valence-corrected chi connectivity index (χ3v) is 2.81. The van der Waals surface area contributed by atoms with Gasteiger partial charge in [0.2, 0.25) is 0 Å². The van der Waals surface area contributed by atoms with Crippen LogP contribution in [0.1, 0.15) is 15.9 Å². The highest BCUT2D eigenvalue weighted by Crippen LogP contribution is 2.17. The van der Waals surface area contributed by atoms with E-state index in [-0.39, 0.29) is 12.5 Å². The van der Waals surface area contributed by atoms with Crippen LogP contribution in [0.3, 0.4) is 0 Å². The lowest BCUT2D eigenvalue weighted by atomic mass is 10.1. The van der Waals surface area contributed by atoms with E-state index in [4.69, 9.17) is 10.8 Å². The summed E-state index contributed by atoms with van der Waals surface area (Å²) in [5.74, 6) is -1.32. The van der Waals surface area contributed by atoms with E-state index < -0.39 is 5.97 Å². The second-order valence-corrected chi connectivity index (χ2v) is 4.29. The Hall–Kier alpha value is -2.83. The SMILES string of the molecule is Cc1c(N)cccc1C(=O)Nc1cnn(CC(=O)O)c1. The van der Waals surface area contributed by atoms with Gasteiger partial charge in [0.05, 0.1) is 11.9 Å². The fourth-order valence-corrected chi connectivity index (χ4v) is 1.75. The molecule has 1 amide bonds. The molecule has 2 aromatic rings. The lowest BCUT2D eigenvalue weighted by molar-refractivity contribution is -0.137. The molecule has 0 unspecified atom stereocenters. The minimum atomic E-state index is -1.00. The van der Waals surface area contributed by atoms with Crippen LogP contribution in [0.2, 0.25) is 0 Å². The lowest BCUT2D eigenvalue weighted by Gasteiger charge is -2.07. The predicted octanol–water partition coefficient (Wildman–Crippen LogP) is 1.11. The molecule has 104 valence electrons. The number of hydrogen-bond donors (Lipinski definition) is 3. The molecule has 0 radical (unpaired) electrons. The summed E-state index contributed by atoms with van der Waals surface area (Å²) >= 11 is 0. The minimum Gasteiger partial charge on any atom is -0.480 e. The first-order valence-electron chi connectivity index (χ1n) is 5.88. The Morgan fingerprint density at radius 3 is 2.90 bits per heavy atom. The average Bonchev–Trinajstić information content (AvgIpc) is 2.79. The van der Waals surface area contributed by atoms with E-state index in [9.17, 15) is 9.59 Å². The number of aliphatic carboxylic acids is 1. The molecule has 2 rings (SSSR count). The molecule has 4 N–H and O–H groups in total. The highest BCUT2D eigenvalue weighted by Gasteiger charge is 2.12. The van der Waals surface area contributed by atoms with Gasteiger partial charge in [0, 0.05) is 17.4 Å². The molecule has 0 aliphatic rings. The zero-order valence-electron chi connectivity index (χ0n) is 10.8. The largest absolute Gasteiger partial charge is 0.480 e. The number of amides is 1. The van der Waals surface area contributed by atoms with Gasteiger partial charge >= 0.3 is 5.97 Å². The van der Waals surface area contributed by atoms with Crippen molar-refractivity contribution in [2.45, 2.75) is 13.5 Å². The molecule has 1 aromatic heterocycles. The number of nitrogens with zero attached hydrogens (tertiary/aromatic N) is 2. The summed E-state index contributed by atoms with van der Waals surface area (Å²) in [5.41, 5.74) is 7.88. The number of carboxylic acid groups (broad SMARTS) is 1. The van der Waals surface area contributed by atoms with Crippen LogP contribution in [0, 0.1) is 6.92 Å². The molecule has 1 aromatic carbocycles. The van der Waals surface area contributed by atoms with Crippen molar-refractivity contribution < 1.29 is 14.7 Å². The molecular formula is C13H14N4O3. The van der Waals surface area contributed by atoms with Gasteiger partial charge < -0.3 is 16.2 Å². The van der Waals surface area contributed by atoms with E-state index in [1.54, 1.807) is 25.1 Å². The topological polar surface area (TPSA) is 110 Å². The fraction of sp³-hybridized carbons (Fsp3) is 0.154. The number of benzene rings is 1. The first kappa shape index (κ1) is 13.6. The number of carbonyl (C=O) groups is 2. The Balaban J connectivity index is 2.13. The number of aromatic nitrogens is 2. The number of anilines is 2. The van der Waals surface area contributed by atoms with E-state index >= 15 is 0 Å². The zero-order valence-corrected chi connectivity index (χ0v) is 10.8. The van der Waals surface area contributed by atoms with Crippen molar-refractivity contribution >= 4 is 23.3 Å². The molecule has 7 heteroatoms. The maximum Gasteiger partial charge on any atom is 0.325 e. The van der Waals surface area contributed by atoms with Gasteiger partial charge in [-0.2, -0.15) is 5.10 Å². The summed E-state index contributed by atoms with van der Waals surface area (Å²) in [4.78, 5) is 22.6. The molecular weight excluding hydrogens is 260 g/mol. The molecule has 20 heavy (non-hydrogen) atoms. The maximum atomic E-state index is 12.1. The number of carboxylic acids is 1. The molecule has 0 aliphatic carbocycles. The predicted molar refractivity (Wildman–Crippen MR) is 73.4 cm³/mol. The van der Waals surface area contributed by atoms with Gasteiger partial charge in [-0.3, -0.25) is 14.3 Å². The molecule has 0 atom stereocenters. The van der Waals surface area contributed by atoms with E-state index in [0.29, 0.717) is 22.5 Å². The molecule has 7 nitrogen and oxygen atoms in total. The van der Waals surface area contributed by atoms with Crippen LogP contribution in [-0.4, -0.2) is 26.8 Å². The van der Waals surface area contributed by atoms with Gasteiger partial charge in [0.15, 0.2) is 0 Å². The van der Waals surface area contributed by atoms with Crippen LogP contribution < -0.4 is 11.1 Å². The summed E-state index contributed by atoms with van der Waals surface area (Å²) in [6.07, 6.45) is 2.84. The maximum absolute atomic E-state index is 12.1. The Kier molecular flexibility index (Phi) is 3.69. The van der Waals surface area contributed by atoms with Crippen LogP contribution >= 0.6 is 0 Å². The normalized spacial score (nSPS) is 10.2. The van der Waals surface area contributed by atoms with E-state index in [0.717, 1.165) is 0 Å². The van der Waals surface area contributed by atoms with Crippen molar-refractivity contribution in [1.82, 2.24) is 9.78 Å². The molecule has 1 heterocycles. The third kappa shape index (κ3) is 2.94. The van der Waals surface area contributed by atoms with Crippen molar-refractivity contribution in [2.24, 2.45) is 0 Å². The summed E-state index contributed by atoms with van der Waals surface area (Å²) in [7, 11) is 0. The van der Waals surface area contributed by atoms with Gasteiger partial charge in [-0.1, -0.05) is 6.07 Å². The molecule has 0 saturated heterocycles. The van der Waals surface area contributed by atoms with E-state index in [2.05, 4.69) is 10.4 Å². The van der Waals surface area contributed by atoms with E-state index in [1.165, 1.54) is 17.1 Å². The zero-order chi connectivity index (χ0) is 14.7. The molecule has 0 bridgehead atoms. The summed E-state index contributed by atoms with van der Waals surface area (Å²) in [6.45, 7) is 1.51. The van der Waals surface area contributed by atoms with Gasteiger partial charge in [-0.25, -0.2) is 0 Å². The van der Waals surface area contributed by atoms with Crippen LogP contribution in [0.4, 0.5) is 11.4 Å². The number of nitrogens with two attached hydrogens (primary N) is 1. The summed E-state index contributed by atoms with van der Waals surface area (Å²) in [6, 6.07) is 5.09. The van der Waals surface area contributed by atoms with Crippen LogP contribution in [-0.2, 0) is 11.3 Å². The molecule has 0 aliphatic heterocycles. The first-order chi connectivity index (χ1) is 9.47. The number of nitrogen functional groups attached to an aromatic ring is 1. The van der Waals surface area contributed by atoms with Gasteiger partial charge in [0.25, 0.3) is 5.91 Å². The Labute approximate surface area is 115 Å². The number of nitrogens with one attached hydrogen (secondary N) is 1. The van der Waals surface area contributed by atoms with Crippen LogP contribution in [0.15, 0.2) is 30.6 Å². The monoisotopic (exact) mass is 274 g/mol. The van der Waals surface area contributed by atoms with Gasteiger partial charge in [-0.05, 0) is 24.6 Å². The molecule has 0 spiro atoms. The smallest absolute Gasteiger partial charge is 0.325 e. The number of carbonyl (C=O) groups excluding carboxylic acids is 1. The van der Waals surface area contributed by atoms with Crippen molar-refractivity contribution in [3.63, 3.8) is 0 Å². The number of hydrogen-bond acceptors (Lipinski definition) is 4. The third-order valence-electron chi connectivity index (χ3n) is 2.81. The molecule has 0 saturated carbocycles. The second-order valence-electron chi connectivity index (χ2n) is 4.29. The highest BCUT2D eigenvalue weighted by molar-refractivity contribution is 6.05. The van der Waals surface area contributed by atoms with E-state index in [1.807, 2.05) is 0 Å². The van der Waals surface area contributed by atoms with Crippen molar-refractivity contribution in [3.8, 4) is 0 Å². The van der Waals surface area contributed by atoms with Crippen molar-refractivity contribution in [2.75, 3.05) is 11.1 Å². The van der Waals surface area contributed by atoms with Gasteiger partial charge in [0.1, 0.15) is 6.54 Å². The quantitative estimate of drug-likeness (QED) is 0.723. The Morgan fingerprint density at radius 1 is 1.45 bits per heavy atom. The van der Waals surface area contributed by atoms with Crippen molar-refractivity contribution in [3.05, 3.63) is 41.7 Å². The molecule has 0 fully saturated rings. The van der Waals surface area contributed by atoms with Crippen molar-refractivity contribution in [1.29, 1.82) is 0 Å². The van der Waals surface area contributed by atoms with Gasteiger partial charge in [-0.15, -0.1) is 0 Å². The second kappa shape index (κ2) is 5.43. The fourth-order valence-electron chi connectivity index (χ4n) is 1.75. The first-order valence-corrected chi connectivity index (χ1v) is 5.88. The Bertz CT molecular complexity index is 663. The summed E-state index contributed by atoms with van der Waals surface area (Å²) in [5, 5.41) is 15.1. The van der Waals surface area contributed by atoms with Crippen LogP contribution in [0.25, 0.3) is 0 Å². The Morgan fingerprint density at radius 2 is 2.20 bits per heavy atom. The lowest BCUT2D eigenvalue weighted by Crippen LogP contribution is -2.14.